The number of aliphatic hydroxyl groups is 2. The van der Waals surface area contributed by atoms with Gasteiger partial charge in [0.25, 0.3) is 0 Å². The van der Waals surface area contributed by atoms with Crippen LogP contribution in [0.15, 0.2) is 36.8 Å². The fourth-order valence-corrected chi connectivity index (χ4v) is 1.49. The topological polar surface area (TPSA) is 40.5 Å². The lowest BCUT2D eigenvalue weighted by Gasteiger charge is -1.94. The van der Waals surface area contributed by atoms with Crippen LogP contribution in [0.3, 0.4) is 0 Å². The first-order chi connectivity index (χ1) is 9.33. The van der Waals surface area contributed by atoms with Crippen molar-refractivity contribution in [3.63, 3.8) is 0 Å². The van der Waals surface area contributed by atoms with Crippen molar-refractivity contribution in [3.05, 3.63) is 36.8 Å². The van der Waals surface area contributed by atoms with Crippen LogP contribution in [-0.4, -0.2) is 10.2 Å². The van der Waals surface area contributed by atoms with Crippen LogP contribution in [0.5, 0.6) is 0 Å². The SMILES string of the molecule is CCCC/C=C/C=C\O.CCCCCCC/C=C\O. The van der Waals surface area contributed by atoms with E-state index in [1.807, 2.05) is 12.2 Å². The van der Waals surface area contributed by atoms with Crippen LogP contribution < -0.4 is 0 Å². The van der Waals surface area contributed by atoms with E-state index >= 15 is 0 Å². The van der Waals surface area contributed by atoms with Crippen molar-refractivity contribution in [2.75, 3.05) is 0 Å². The average Bonchev–Trinajstić information content (AvgIpc) is 2.43. The molecule has 0 bridgehead atoms. The minimum atomic E-state index is 1.03. The van der Waals surface area contributed by atoms with Gasteiger partial charge < -0.3 is 10.2 Å². The molecule has 0 saturated heterocycles. The smallest absolute Gasteiger partial charge is 0.0791 e. The second kappa shape index (κ2) is 22.0. The number of rotatable bonds is 10. The summed E-state index contributed by atoms with van der Waals surface area (Å²) in [5.74, 6) is 0. The van der Waals surface area contributed by atoms with Gasteiger partial charge in [-0.25, -0.2) is 0 Å². The van der Waals surface area contributed by atoms with Crippen molar-refractivity contribution < 1.29 is 10.2 Å². The third-order valence-corrected chi connectivity index (χ3v) is 2.64. The molecule has 0 fully saturated rings. The zero-order valence-electron chi connectivity index (χ0n) is 12.7. The first-order valence-electron chi connectivity index (χ1n) is 7.58. The molecule has 19 heavy (non-hydrogen) atoms. The van der Waals surface area contributed by atoms with Gasteiger partial charge in [-0.2, -0.15) is 0 Å². The van der Waals surface area contributed by atoms with Crippen molar-refractivity contribution in [1.82, 2.24) is 0 Å². The van der Waals surface area contributed by atoms with Crippen molar-refractivity contribution in [2.24, 2.45) is 0 Å². The maximum Gasteiger partial charge on any atom is 0.0791 e. The van der Waals surface area contributed by atoms with Gasteiger partial charge >= 0.3 is 0 Å². The largest absolute Gasteiger partial charge is 0.516 e. The minimum absolute atomic E-state index is 1.03. The molecule has 0 aromatic rings. The van der Waals surface area contributed by atoms with E-state index in [-0.39, 0.29) is 0 Å². The Bertz CT molecular complexity index is 217. The van der Waals surface area contributed by atoms with Crippen LogP contribution in [-0.2, 0) is 0 Å². The number of hydrogen-bond acceptors (Lipinski definition) is 2. The molecule has 0 spiro atoms. The summed E-state index contributed by atoms with van der Waals surface area (Å²) in [5, 5.41) is 16.5. The summed E-state index contributed by atoms with van der Waals surface area (Å²) < 4.78 is 0. The van der Waals surface area contributed by atoms with Gasteiger partial charge in [0, 0.05) is 0 Å². The number of aliphatic hydroxyl groups excluding tert-OH is 2. The van der Waals surface area contributed by atoms with Crippen molar-refractivity contribution in [1.29, 1.82) is 0 Å². The second-order valence-corrected chi connectivity index (χ2v) is 4.50. The Kier molecular flexibility index (Phi) is 23.4. The lowest BCUT2D eigenvalue weighted by atomic mass is 10.1. The van der Waals surface area contributed by atoms with Crippen molar-refractivity contribution in [3.8, 4) is 0 Å². The maximum atomic E-state index is 8.29. The first-order valence-corrected chi connectivity index (χ1v) is 7.58. The molecule has 0 heterocycles. The average molecular weight is 268 g/mol. The van der Waals surface area contributed by atoms with Gasteiger partial charge in [-0.3, -0.25) is 0 Å². The standard InChI is InChI=1S/C9H18O.C8H14O/c1-2-3-4-5-6-7-8-9-10;1-2-3-4-5-6-7-8-9/h8-10H,2-7H2,1H3;5-9H,2-4H2,1H3/b9-8-;6-5+,8-7-. The molecule has 2 nitrogen and oxygen atoms in total. The van der Waals surface area contributed by atoms with Gasteiger partial charge in [0.1, 0.15) is 0 Å². The van der Waals surface area contributed by atoms with Crippen LogP contribution in [0.1, 0.15) is 71.6 Å². The highest BCUT2D eigenvalue weighted by Crippen LogP contribution is 2.04. The Morgan fingerprint density at radius 1 is 0.632 bits per heavy atom. The molecule has 0 unspecified atom stereocenters. The van der Waals surface area contributed by atoms with Crippen LogP contribution in [0, 0.1) is 0 Å². The molecular weight excluding hydrogens is 236 g/mol. The molecule has 112 valence electrons. The number of hydrogen-bond donors (Lipinski definition) is 2. The number of unbranched alkanes of at least 4 members (excludes halogenated alkanes) is 7. The molecule has 0 aromatic carbocycles. The Morgan fingerprint density at radius 2 is 1.26 bits per heavy atom. The third kappa shape index (κ3) is 26.4. The maximum absolute atomic E-state index is 8.29. The molecule has 0 saturated carbocycles. The summed E-state index contributed by atoms with van der Waals surface area (Å²) in [5.41, 5.74) is 0. The minimum Gasteiger partial charge on any atom is -0.516 e. The van der Waals surface area contributed by atoms with Crippen molar-refractivity contribution >= 4 is 0 Å². The zero-order valence-corrected chi connectivity index (χ0v) is 12.7. The molecule has 0 aromatic heterocycles. The highest BCUT2D eigenvalue weighted by atomic mass is 16.2. The van der Waals surface area contributed by atoms with Crippen LogP contribution >= 0.6 is 0 Å². The molecule has 0 amide bonds. The molecule has 0 aliphatic carbocycles. The van der Waals surface area contributed by atoms with Gasteiger partial charge in [0.05, 0.1) is 12.5 Å². The monoisotopic (exact) mass is 268 g/mol. The third-order valence-electron chi connectivity index (χ3n) is 2.64. The fraction of sp³-hybridized carbons (Fsp3) is 0.647. The van der Waals surface area contributed by atoms with Gasteiger partial charge in [-0.05, 0) is 25.3 Å². The zero-order chi connectivity index (χ0) is 14.6. The van der Waals surface area contributed by atoms with Crippen LogP contribution in [0.25, 0.3) is 0 Å². The molecule has 0 rings (SSSR count). The Balaban J connectivity index is 0. The Morgan fingerprint density at radius 3 is 1.84 bits per heavy atom. The highest BCUT2D eigenvalue weighted by Gasteiger charge is 1.85. The van der Waals surface area contributed by atoms with Gasteiger partial charge in [-0.1, -0.05) is 70.6 Å². The molecule has 0 aliphatic rings. The van der Waals surface area contributed by atoms with Crippen LogP contribution in [0.4, 0.5) is 0 Å². The summed E-state index contributed by atoms with van der Waals surface area (Å²) in [6, 6.07) is 0. The van der Waals surface area contributed by atoms with E-state index < -0.39 is 0 Å². The summed E-state index contributed by atoms with van der Waals surface area (Å²) >= 11 is 0. The van der Waals surface area contributed by atoms with E-state index in [0.29, 0.717) is 0 Å². The second-order valence-electron chi connectivity index (χ2n) is 4.50. The predicted octanol–water partition coefficient (Wildman–Crippen LogP) is 6.22. The number of allylic oxidation sites excluding steroid dienone is 4. The summed E-state index contributed by atoms with van der Waals surface area (Å²) in [7, 11) is 0. The molecule has 0 atom stereocenters. The summed E-state index contributed by atoms with van der Waals surface area (Å²) in [6.07, 6.45) is 20.6. The molecular formula is C17H32O2. The quantitative estimate of drug-likeness (QED) is 0.280. The molecule has 2 heteroatoms. The van der Waals surface area contributed by atoms with Crippen LogP contribution in [0.2, 0.25) is 0 Å². The predicted molar refractivity (Wildman–Crippen MR) is 85.6 cm³/mol. The Hall–Kier alpha value is -1.18. The summed E-state index contributed by atoms with van der Waals surface area (Å²) in [4.78, 5) is 0. The van der Waals surface area contributed by atoms with Gasteiger partial charge in [0.15, 0.2) is 0 Å². The molecule has 0 radical (unpaired) electrons. The van der Waals surface area contributed by atoms with E-state index in [0.717, 1.165) is 25.4 Å². The van der Waals surface area contributed by atoms with E-state index in [1.54, 1.807) is 6.08 Å². The normalized spacial score (nSPS) is 11.3. The lowest BCUT2D eigenvalue weighted by molar-refractivity contribution is 0.469. The van der Waals surface area contributed by atoms with Gasteiger partial charge in [0.2, 0.25) is 0 Å². The fourth-order valence-electron chi connectivity index (χ4n) is 1.49. The van der Waals surface area contributed by atoms with Gasteiger partial charge in [-0.15, -0.1) is 0 Å². The molecule has 0 aliphatic heterocycles. The van der Waals surface area contributed by atoms with E-state index in [1.165, 1.54) is 44.9 Å². The van der Waals surface area contributed by atoms with E-state index in [2.05, 4.69) is 19.9 Å². The molecule has 2 N–H and O–H groups in total. The highest BCUT2D eigenvalue weighted by molar-refractivity contribution is 4.98. The Labute approximate surface area is 119 Å². The first kappa shape index (κ1) is 20.1. The van der Waals surface area contributed by atoms with E-state index in [4.69, 9.17) is 10.2 Å². The van der Waals surface area contributed by atoms with Crippen molar-refractivity contribution in [2.45, 2.75) is 71.6 Å². The summed E-state index contributed by atoms with van der Waals surface area (Å²) in [6.45, 7) is 4.38. The lowest BCUT2D eigenvalue weighted by Crippen LogP contribution is -1.75. The van der Waals surface area contributed by atoms with E-state index in [9.17, 15) is 0 Å².